The molecule has 1 fully saturated rings. The van der Waals surface area contributed by atoms with Gasteiger partial charge in [-0.1, -0.05) is 36.7 Å². The topological polar surface area (TPSA) is 58.4 Å². The molecule has 0 radical (unpaired) electrons. The summed E-state index contributed by atoms with van der Waals surface area (Å²) in [5, 5.41) is 7.68. The Balaban J connectivity index is 1.77. The van der Waals surface area contributed by atoms with Gasteiger partial charge in [0.1, 0.15) is 0 Å². The largest absolute Gasteiger partial charge is 0.359 e. The first-order chi connectivity index (χ1) is 11.5. The van der Waals surface area contributed by atoms with E-state index in [1.54, 1.807) is 6.07 Å². The average molecular weight is 348 g/mol. The van der Waals surface area contributed by atoms with Gasteiger partial charge in [-0.15, -0.1) is 0 Å². The molecule has 1 aromatic heterocycles. The summed E-state index contributed by atoms with van der Waals surface area (Å²) >= 11 is 6.03. The number of amides is 2. The first-order valence-electron chi connectivity index (χ1n) is 8.26. The van der Waals surface area contributed by atoms with Crippen LogP contribution < -0.4 is 5.32 Å². The molecule has 2 heterocycles. The van der Waals surface area contributed by atoms with Crippen LogP contribution in [0.4, 0.5) is 10.5 Å². The SMILES string of the molecule is Cc1ccc(Cl)cc1NC(=O)N1CCC[C@H]1c1cc(C(C)C)no1. The predicted molar refractivity (Wildman–Crippen MR) is 94.5 cm³/mol. The molecule has 1 aromatic carbocycles. The fraction of sp³-hybridized carbons (Fsp3) is 0.444. The number of carbonyl (C=O) groups excluding carboxylic acids is 1. The van der Waals surface area contributed by atoms with E-state index in [-0.39, 0.29) is 12.1 Å². The van der Waals surface area contributed by atoms with Crippen LogP contribution in [-0.2, 0) is 0 Å². The van der Waals surface area contributed by atoms with Crippen LogP contribution in [0.15, 0.2) is 28.8 Å². The van der Waals surface area contributed by atoms with Gasteiger partial charge < -0.3 is 14.7 Å². The van der Waals surface area contributed by atoms with Crippen LogP contribution in [0.1, 0.15) is 55.7 Å². The normalized spacial score (nSPS) is 17.5. The van der Waals surface area contributed by atoms with Crippen LogP contribution in [-0.4, -0.2) is 22.6 Å². The van der Waals surface area contributed by atoms with Crippen molar-refractivity contribution in [1.82, 2.24) is 10.1 Å². The van der Waals surface area contributed by atoms with E-state index in [4.69, 9.17) is 16.1 Å². The fourth-order valence-corrected chi connectivity index (χ4v) is 3.13. The molecule has 1 aliphatic heterocycles. The summed E-state index contributed by atoms with van der Waals surface area (Å²) in [7, 11) is 0. The number of rotatable bonds is 3. The molecule has 1 aliphatic rings. The summed E-state index contributed by atoms with van der Waals surface area (Å²) in [4.78, 5) is 14.5. The first kappa shape index (κ1) is 16.8. The van der Waals surface area contributed by atoms with Crippen molar-refractivity contribution in [3.8, 4) is 0 Å². The van der Waals surface area contributed by atoms with Crippen LogP contribution in [0.5, 0.6) is 0 Å². The van der Waals surface area contributed by atoms with Crippen molar-refractivity contribution in [3.05, 3.63) is 46.3 Å². The number of nitrogens with one attached hydrogen (secondary N) is 1. The third-order valence-corrected chi connectivity index (χ3v) is 4.66. The van der Waals surface area contributed by atoms with Crippen molar-refractivity contribution in [2.75, 3.05) is 11.9 Å². The zero-order valence-electron chi connectivity index (χ0n) is 14.2. The monoisotopic (exact) mass is 347 g/mol. The minimum atomic E-state index is -0.134. The van der Waals surface area contributed by atoms with Crippen molar-refractivity contribution in [2.24, 2.45) is 0 Å². The standard InChI is InChI=1S/C18H22ClN3O2/c1-11(2)14-10-17(24-21-14)16-5-4-8-22(16)18(23)20-15-9-13(19)7-6-12(15)3/h6-7,9-11,16H,4-5,8H2,1-3H3,(H,20,23)/t16-/m0/s1. The zero-order chi connectivity index (χ0) is 17.3. The molecular weight excluding hydrogens is 326 g/mol. The van der Waals surface area contributed by atoms with E-state index >= 15 is 0 Å². The number of halogens is 1. The fourth-order valence-electron chi connectivity index (χ4n) is 2.95. The summed E-state index contributed by atoms with van der Waals surface area (Å²) in [5.74, 6) is 1.06. The number of nitrogens with zero attached hydrogens (tertiary/aromatic N) is 2. The highest BCUT2D eigenvalue weighted by atomic mass is 35.5. The molecule has 3 rings (SSSR count). The molecule has 1 N–H and O–H groups in total. The average Bonchev–Trinajstić information content (AvgIpc) is 3.18. The second kappa shape index (κ2) is 6.85. The van der Waals surface area contributed by atoms with Gasteiger partial charge in [-0.05, 0) is 43.4 Å². The molecule has 24 heavy (non-hydrogen) atoms. The maximum Gasteiger partial charge on any atom is 0.322 e. The Hall–Kier alpha value is -2.01. The van der Waals surface area contributed by atoms with E-state index in [0.29, 0.717) is 17.5 Å². The Bertz CT molecular complexity index is 742. The number of anilines is 1. The molecule has 0 saturated carbocycles. The highest BCUT2D eigenvalue weighted by Crippen LogP contribution is 2.34. The van der Waals surface area contributed by atoms with Crippen molar-refractivity contribution < 1.29 is 9.32 Å². The van der Waals surface area contributed by atoms with Gasteiger partial charge >= 0.3 is 6.03 Å². The molecule has 0 bridgehead atoms. The minimum Gasteiger partial charge on any atom is -0.359 e. The number of urea groups is 1. The Morgan fingerprint density at radius 3 is 2.92 bits per heavy atom. The van der Waals surface area contributed by atoms with Crippen LogP contribution in [0.25, 0.3) is 0 Å². The van der Waals surface area contributed by atoms with E-state index in [9.17, 15) is 4.79 Å². The van der Waals surface area contributed by atoms with Gasteiger partial charge in [-0.3, -0.25) is 0 Å². The summed E-state index contributed by atoms with van der Waals surface area (Å²) < 4.78 is 5.49. The lowest BCUT2D eigenvalue weighted by Gasteiger charge is -2.23. The lowest BCUT2D eigenvalue weighted by atomic mass is 10.1. The lowest BCUT2D eigenvalue weighted by Crippen LogP contribution is -2.34. The number of carbonyl (C=O) groups is 1. The molecule has 128 valence electrons. The van der Waals surface area contributed by atoms with Gasteiger partial charge in [-0.25, -0.2) is 4.79 Å². The first-order valence-corrected chi connectivity index (χ1v) is 8.64. The smallest absolute Gasteiger partial charge is 0.322 e. The van der Waals surface area contributed by atoms with Gasteiger partial charge in [0.05, 0.1) is 11.7 Å². The molecule has 2 amide bonds. The molecule has 6 heteroatoms. The molecule has 1 saturated heterocycles. The van der Waals surface area contributed by atoms with Gasteiger partial charge in [-0.2, -0.15) is 0 Å². The van der Waals surface area contributed by atoms with Crippen molar-refractivity contribution in [3.63, 3.8) is 0 Å². The van der Waals surface area contributed by atoms with Crippen molar-refractivity contribution in [2.45, 2.75) is 45.6 Å². The number of likely N-dealkylation sites (tertiary alicyclic amines) is 1. The molecule has 5 nitrogen and oxygen atoms in total. The van der Waals surface area contributed by atoms with Gasteiger partial charge in [0.15, 0.2) is 5.76 Å². The van der Waals surface area contributed by atoms with Crippen molar-refractivity contribution >= 4 is 23.3 Å². The second-order valence-electron chi connectivity index (χ2n) is 6.55. The molecule has 0 aliphatic carbocycles. The lowest BCUT2D eigenvalue weighted by molar-refractivity contribution is 0.195. The van der Waals surface area contributed by atoms with E-state index in [1.807, 2.05) is 30.0 Å². The Labute approximate surface area is 147 Å². The van der Waals surface area contributed by atoms with Crippen LogP contribution >= 0.6 is 11.6 Å². The molecule has 0 spiro atoms. The maximum absolute atomic E-state index is 12.7. The third kappa shape index (κ3) is 3.41. The summed E-state index contributed by atoms with van der Waals surface area (Å²) in [6.45, 7) is 6.79. The highest BCUT2D eigenvalue weighted by molar-refractivity contribution is 6.31. The number of aryl methyl sites for hydroxylation is 1. The molecule has 2 aromatic rings. The van der Waals surface area contributed by atoms with E-state index in [1.165, 1.54) is 0 Å². The van der Waals surface area contributed by atoms with Gasteiger partial charge in [0, 0.05) is 23.3 Å². The van der Waals surface area contributed by atoms with Gasteiger partial charge in [0.25, 0.3) is 0 Å². The highest BCUT2D eigenvalue weighted by Gasteiger charge is 2.33. The number of hydrogen-bond acceptors (Lipinski definition) is 3. The second-order valence-corrected chi connectivity index (χ2v) is 6.99. The Morgan fingerprint density at radius 2 is 2.21 bits per heavy atom. The van der Waals surface area contributed by atoms with E-state index in [2.05, 4.69) is 24.3 Å². The maximum atomic E-state index is 12.7. The molecule has 0 unspecified atom stereocenters. The van der Waals surface area contributed by atoms with Crippen molar-refractivity contribution in [1.29, 1.82) is 0 Å². The Kier molecular flexibility index (Phi) is 4.81. The zero-order valence-corrected chi connectivity index (χ0v) is 14.9. The number of benzene rings is 1. The van der Waals surface area contributed by atoms with Crippen LogP contribution in [0.3, 0.4) is 0 Å². The number of hydrogen-bond donors (Lipinski definition) is 1. The Morgan fingerprint density at radius 1 is 1.42 bits per heavy atom. The molecular formula is C18H22ClN3O2. The van der Waals surface area contributed by atoms with Crippen LogP contribution in [0.2, 0.25) is 5.02 Å². The minimum absolute atomic E-state index is 0.0653. The third-order valence-electron chi connectivity index (χ3n) is 4.42. The summed E-state index contributed by atoms with van der Waals surface area (Å²) in [5.41, 5.74) is 2.63. The predicted octanol–water partition coefficient (Wildman–Crippen LogP) is 5.13. The van der Waals surface area contributed by atoms with E-state index < -0.39 is 0 Å². The summed E-state index contributed by atoms with van der Waals surface area (Å²) in [6.07, 6.45) is 1.83. The molecule has 1 atom stereocenters. The van der Waals surface area contributed by atoms with Crippen LogP contribution in [0, 0.1) is 6.92 Å². The summed E-state index contributed by atoms with van der Waals surface area (Å²) in [6, 6.07) is 7.24. The number of aromatic nitrogens is 1. The van der Waals surface area contributed by atoms with Gasteiger partial charge in [0.2, 0.25) is 0 Å². The quantitative estimate of drug-likeness (QED) is 0.837. The van der Waals surface area contributed by atoms with E-state index in [0.717, 1.165) is 35.5 Å².